The van der Waals surface area contributed by atoms with Crippen LogP contribution in [-0.2, 0) is 0 Å². The minimum absolute atomic E-state index is 0.0558. The molecule has 7 heteroatoms. The summed E-state index contributed by atoms with van der Waals surface area (Å²) >= 11 is 0. The van der Waals surface area contributed by atoms with Gasteiger partial charge in [0.1, 0.15) is 5.56 Å². The van der Waals surface area contributed by atoms with Crippen LogP contribution in [-0.4, -0.2) is 45.6 Å². The van der Waals surface area contributed by atoms with E-state index in [0.717, 1.165) is 5.56 Å². The number of aromatic nitrogens is 3. The summed E-state index contributed by atoms with van der Waals surface area (Å²) in [5.41, 5.74) is 1.62. The van der Waals surface area contributed by atoms with Crippen molar-refractivity contribution in [2.75, 3.05) is 19.7 Å². The Labute approximate surface area is 163 Å². The predicted molar refractivity (Wildman–Crippen MR) is 102 cm³/mol. The van der Waals surface area contributed by atoms with E-state index < -0.39 is 0 Å². The van der Waals surface area contributed by atoms with Crippen LogP contribution in [0.3, 0.4) is 0 Å². The number of aryl methyl sites for hydroxylation is 1. The number of ether oxygens (including phenoxy) is 1. The monoisotopic (exact) mass is 378 g/mol. The van der Waals surface area contributed by atoms with Gasteiger partial charge >= 0.3 is 0 Å². The first-order valence-electron chi connectivity index (χ1n) is 9.39. The Morgan fingerprint density at radius 2 is 1.96 bits per heavy atom. The molecule has 3 aromatic rings. The van der Waals surface area contributed by atoms with E-state index >= 15 is 0 Å². The van der Waals surface area contributed by atoms with Gasteiger partial charge in [0.2, 0.25) is 11.8 Å². The van der Waals surface area contributed by atoms with Gasteiger partial charge in [-0.1, -0.05) is 35.5 Å². The van der Waals surface area contributed by atoms with Crippen LogP contribution in [0.2, 0.25) is 0 Å². The van der Waals surface area contributed by atoms with Crippen molar-refractivity contribution in [3.8, 4) is 5.88 Å². The maximum atomic E-state index is 13.2. The standard InChI is InChI=1S/C21H22N4O3/c1-3-27-19-16(10-7-11-22-19)21(26)25-12-17(15-8-5-4-6-9-15)18(13-25)20-23-14(2)24-28-20/h4-11,17-18H,3,12-13H2,1-2H3/t17-,18+/m1/s1. The highest BCUT2D eigenvalue weighted by Gasteiger charge is 2.41. The minimum atomic E-state index is -0.101. The molecule has 2 atom stereocenters. The molecule has 3 heterocycles. The lowest BCUT2D eigenvalue weighted by atomic mass is 9.89. The van der Waals surface area contributed by atoms with Gasteiger partial charge in [0.15, 0.2) is 5.82 Å². The van der Waals surface area contributed by atoms with Gasteiger partial charge in [0, 0.05) is 25.2 Å². The zero-order valence-corrected chi connectivity index (χ0v) is 15.9. The molecule has 0 spiro atoms. The molecule has 1 aliphatic heterocycles. The van der Waals surface area contributed by atoms with Crippen molar-refractivity contribution in [3.63, 3.8) is 0 Å². The molecule has 4 rings (SSSR count). The molecule has 0 N–H and O–H groups in total. The van der Waals surface area contributed by atoms with Crippen LogP contribution in [0.25, 0.3) is 0 Å². The van der Waals surface area contributed by atoms with Crippen molar-refractivity contribution >= 4 is 5.91 Å². The summed E-state index contributed by atoms with van der Waals surface area (Å²) in [6.07, 6.45) is 1.63. The van der Waals surface area contributed by atoms with Crippen LogP contribution in [0.5, 0.6) is 5.88 Å². The van der Waals surface area contributed by atoms with E-state index in [1.165, 1.54) is 0 Å². The highest BCUT2D eigenvalue weighted by Crippen LogP contribution is 2.39. The summed E-state index contributed by atoms with van der Waals surface area (Å²) in [4.78, 5) is 23.7. The third kappa shape index (κ3) is 3.47. The zero-order chi connectivity index (χ0) is 19.5. The lowest BCUT2D eigenvalue weighted by molar-refractivity contribution is 0.0783. The van der Waals surface area contributed by atoms with E-state index in [9.17, 15) is 4.79 Å². The predicted octanol–water partition coefficient (Wildman–Crippen LogP) is 3.20. The number of benzene rings is 1. The average molecular weight is 378 g/mol. The number of carbonyl (C=O) groups is 1. The smallest absolute Gasteiger partial charge is 0.259 e. The molecule has 0 aliphatic carbocycles. The second-order valence-electron chi connectivity index (χ2n) is 6.80. The second kappa shape index (κ2) is 7.80. The van der Waals surface area contributed by atoms with Crippen molar-refractivity contribution < 1.29 is 14.1 Å². The molecule has 0 unspecified atom stereocenters. The Bertz CT molecular complexity index is 957. The lowest BCUT2D eigenvalue weighted by Gasteiger charge is -2.18. The van der Waals surface area contributed by atoms with Crippen LogP contribution >= 0.6 is 0 Å². The van der Waals surface area contributed by atoms with Crippen LogP contribution in [0.1, 0.15) is 46.4 Å². The van der Waals surface area contributed by atoms with Crippen molar-refractivity contribution in [1.29, 1.82) is 0 Å². The molecule has 0 bridgehead atoms. The summed E-state index contributed by atoms with van der Waals surface area (Å²) < 4.78 is 11.0. The topological polar surface area (TPSA) is 81.4 Å². The summed E-state index contributed by atoms with van der Waals surface area (Å²) in [6, 6.07) is 13.6. The van der Waals surface area contributed by atoms with Crippen LogP contribution in [0.15, 0.2) is 53.2 Å². The number of likely N-dealkylation sites (tertiary alicyclic amines) is 1. The molecule has 28 heavy (non-hydrogen) atoms. The van der Waals surface area contributed by atoms with Gasteiger partial charge in [-0.25, -0.2) is 4.98 Å². The summed E-state index contributed by atoms with van der Waals surface area (Å²) in [6.45, 7) is 5.19. The lowest BCUT2D eigenvalue weighted by Crippen LogP contribution is -2.29. The number of hydrogen-bond acceptors (Lipinski definition) is 6. The van der Waals surface area contributed by atoms with Crippen molar-refractivity contribution in [3.05, 3.63) is 71.5 Å². The van der Waals surface area contributed by atoms with Crippen LogP contribution < -0.4 is 4.74 Å². The molecular weight excluding hydrogens is 356 g/mol. The second-order valence-corrected chi connectivity index (χ2v) is 6.80. The summed E-state index contributed by atoms with van der Waals surface area (Å²) in [7, 11) is 0. The maximum Gasteiger partial charge on any atom is 0.259 e. The first-order valence-corrected chi connectivity index (χ1v) is 9.39. The minimum Gasteiger partial charge on any atom is -0.477 e. The van der Waals surface area contributed by atoms with E-state index in [-0.39, 0.29) is 17.7 Å². The van der Waals surface area contributed by atoms with E-state index in [2.05, 4.69) is 27.3 Å². The highest BCUT2D eigenvalue weighted by molar-refractivity contribution is 5.96. The zero-order valence-electron chi connectivity index (χ0n) is 15.9. The SMILES string of the molecule is CCOc1ncccc1C(=O)N1C[C@H](c2ccccc2)[C@@H](c2nc(C)no2)C1. The summed E-state index contributed by atoms with van der Waals surface area (Å²) in [5, 5.41) is 3.94. The number of carbonyl (C=O) groups excluding carboxylic acids is 1. The van der Waals surface area contributed by atoms with Gasteiger partial charge in [0.25, 0.3) is 5.91 Å². The normalized spacial score (nSPS) is 19.0. The fourth-order valence-electron chi connectivity index (χ4n) is 3.70. The molecule has 2 aromatic heterocycles. The number of rotatable bonds is 5. The van der Waals surface area contributed by atoms with Crippen LogP contribution in [0.4, 0.5) is 0 Å². The highest BCUT2D eigenvalue weighted by atomic mass is 16.5. The Hall–Kier alpha value is -3.22. The first-order chi connectivity index (χ1) is 13.7. The maximum absolute atomic E-state index is 13.2. The number of amides is 1. The molecule has 1 saturated heterocycles. The molecule has 1 aromatic carbocycles. The van der Waals surface area contributed by atoms with Gasteiger partial charge in [-0.05, 0) is 31.5 Å². The first kappa shape index (κ1) is 18.2. The Balaban J connectivity index is 1.65. The molecule has 1 amide bonds. The van der Waals surface area contributed by atoms with Gasteiger partial charge in [-0.2, -0.15) is 4.98 Å². The number of pyridine rings is 1. The van der Waals surface area contributed by atoms with E-state index in [0.29, 0.717) is 42.9 Å². The van der Waals surface area contributed by atoms with Gasteiger partial charge < -0.3 is 14.2 Å². The van der Waals surface area contributed by atoms with Crippen molar-refractivity contribution in [1.82, 2.24) is 20.0 Å². The van der Waals surface area contributed by atoms with Gasteiger partial charge in [-0.15, -0.1) is 0 Å². The van der Waals surface area contributed by atoms with Gasteiger partial charge in [0.05, 0.1) is 12.5 Å². The van der Waals surface area contributed by atoms with E-state index in [4.69, 9.17) is 9.26 Å². The van der Waals surface area contributed by atoms with Crippen LogP contribution in [0, 0.1) is 6.92 Å². The quantitative estimate of drug-likeness (QED) is 0.678. The number of nitrogens with zero attached hydrogens (tertiary/aromatic N) is 4. The Kier molecular flexibility index (Phi) is 5.06. The molecule has 7 nitrogen and oxygen atoms in total. The molecule has 1 fully saturated rings. The fourth-order valence-corrected chi connectivity index (χ4v) is 3.70. The molecular formula is C21H22N4O3. The number of hydrogen-bond donors (Lipinski definition) is 0. The average Bonchev–Trinajstić information content (AvgIpc) is 3.35. The summed E-state index contributed by atoms with van der Waals surface area (Å²) in [5.74, 6) is 1.45. The fraction of sp³-hybridized carbons (Fsp3) is 0.333. The third-order valence-corrected chi connectivity index (χ3v) is 4.98. The van der Waals surface area contributed by atoms with E-state index in [1.807, 2.05) is 30.0 Å². The molecule has 1 aliphatic rings. The molecule has 144 valence electrons. The third-order valence-electron chi connectivity index (χ3n) is 4.98. The largest absolute Gasteiger partial charge is 0.477 e. The Morgan fingerprint density at radius 3 is 2.68 bits per heavy atom. The molecule has 0 radical (unpaired) electrons. The molecule has 0 saturated carbocycles. The van der Waals surface area contributed by atoms with E-state index in [1.54, 1.807) is 25.3 Å². The van der Waals surface area contributed by atoms with Gasteiger partial charge in [-0.3, -0.25) is 4.79 Å². The van der Waals surface area contributed by atoms with Crippen molar-refractivity contribution in [2.45, 2.75) is 25.7 Å². The van der Waals surface area contributed by atoms with Crippen molar-refractivity contribution in [2.24, 2.45) is 0 Å². The Morgan fingerprint density at radius 1 is 1.18 bits per heavy atom.